The maximum absolute atomic E-state index is 6.25. The average molecular weight is 671 g/mol. The van der Waals surface area contributed by atoms with E-state index in [1.54, 1.807) is 0 Å². The van der Waals surface area contributed by atoms with E-state index in [4.69, 9.17) is 4.42 Å². The highest BCUT2D eigenvalue weighted by atomic mass is 16.3. The Labute approximate surface area is 305 Å². The number of aryl methyl sites for hydroxylation is 3. The van der Waals surface area contributed by atoms with Crippen LogP contribution in [0.4, 0.5) is 34.1 Å². The summed E-state index contributed by atoms with van der Waals surface area (Å²) >= 11 is 0. The molecule has 0 saturated carbocycles. The van der Waals surface area contributed by atoms with E-state index < -0.39 is 0 Å². The molecule has 2 aliphatic rings. The fourth-order valence-electron chi connectivity index (χ4n) is 8.72. The van der Waals surface area contributed by atoms with Crippen LogP contribution in [0, 0.1) is 0 Å². The van der Waals surface area contributed by atoms with Crippen LogP contribution in [-0.2, 0) is 19.3 Å². The van der Waals surface area contributed by atoms with E-state index in [-0.39, 0.29) is 6.71 Å². The Morgan fingerprint density at radius 2 is 1.02 bits per heavy atom. The minimum absolute atomic E-state index is 0.128. The number of hydrogen-bond acceptors (Lipinski definition) is 3. The van der Waals surface area contributed by atoms with Gasteiger partial charge in [-0.25, -0.2) is 0 Å². The lowest BCUT2D eigenvalue weighted by atomic mass is 9.33. The predicted octanol–water partition coefficient (Wildman–Crippen LogP) is 11.0. The molecule has 52 heavy (non-hydrogen) atoms. The standard InChI is InChI=1S/C48H39BN2O/c1-4-31-17-23-35(24-18-31)50-41-27-19-32(5-2)29-39(41)49-40-30-33(6-3)20-28-42(40)51(44-14-10-13-43(50)48(44)49)36-25-21-34(22-26-36)37-12-9-16-46-47(37)38-11-7-8-15-45(38)52-46/h7-30H,4-6H2,1-3H3. The van der Waals surface area contributed by atoms with Crippen LogP contribution in [0.5, 0.6) is 0 Å². The van der Waals surface area contributed by atoms with Crippen molar-refractivity contribution in [2.75, 3.05) is 9.80 Å². The van der Waals surface area contributed by atoms with Gasteiger partial charge in [-0.05, 0) is 124 Å². The summed E-state index contributed by atoms with van der Waals surface area (Å²) in [6.07, 6.45) is 3.02. The van der Waals surface area contributed by atoms with Gasteiger partial charge in [-0.3, -0.25) is 0 Å². The number of anilines is 6. The minimum atomic E-state index is 0.128. The lowest BCUT2D eigenvalue weighted by Gasteiger charge is -2.44. The first-order valence-electron chi connectivity index (χ1n) is 18.7. The monoisotopic (exact) mass is 670 g/mol. The topological polar surface area (TPSA) is 19.6 Å². The van der Waals surface area contributed by atoms with E-state index in [1.165, 1.54) is 78.0 Å². The second-order valence-electron chi connectivity index (χ2n) is 14.2. The van der Waals surface area contributed by atoms with Crippen molar-refractivity contribution < 1.29 is 4.42 Å². The van der Waals surface area contributed by atoms with Crippen LogP contribution in [0.1, 0.15) is 37.5 Å². The molecular formula is C48H39BN2O. The Bertz CT molecular complexity index is 2650. The highest BCUT2D eigenvalue weighted by Gasteiger charge is 2.43. The van der Waals surface area contributed by atoms with Crippen molar-refractivity contribution in [3.05, 3.63) is 162 Å². The molecule has 0 N–H and O–H groups in total. The summed E-state index contributed by atoms with van der Waals surface area (Å²) in [4.78, 5) is 4.99. The van der Waals surface area contributed by atoms with Gasteiger partial charge in [0, 0.05) is 44.9 Å². The Morgan fingerprint density at radius 3 is 1.63 bits per heavy atom. The Balaban J connectivity index is 1.18. The molecule has 0 spiro atoms. The normalized spacial score (nSPS) is 13.0. The third kappa shape index (κ3) is 4.60. The van der Waals surface area contributed by atoms with E-state index in [1.807, 2.05) is 6.07 Å². The van der Waals surface area contributed by atoms with Gasteiger partial charge in [-0.2, -0.15) is 0 Å². The number of rotatable bonds is 6. The highest BCUT2D eigenvalue weighted by molar-refractivity contribution is 7.00. The number of benzene rings is 7. The lowest BCUT2D eigenvalue weighted by Crippen LogP contribution is -2.61. The zero-order valence-corrected chi connectivity index (χ0v) is 29.9. The zero-order valence-electron chi connectivity index (χ0n) is 29.9. The van der Waals surface area contributed by atoms with Gasteiger partial charge in [0.2, 0.25) is 0 Å². The first-order valence-corrected chi connectivity index (χ1v) is 18.7. The van der Waals surface area contributed by atoms with Crippen LogP contribution in [0.3, 0.4) is 0 Å². The van der Waals surface area contributed by atoms with Crippen molar-refractivity contribution in [1.82, 2.24) is 0 Å². The Hall–Kier alpha value is -6.00. The van der Waals surface area contributed by atoms with Gasteiger partial charge < -0.3 is 14.2 Å². The molecule has 3 nitrogen and oxygen atoms in total. The van der Waals surface area contributed by atoms with E-state index >= 15 is 0 Å². The van der Waals surface area contributed by atoms with E-state index in [0.717, 1.165) is 41.5 Å². The van der Waals surface area contributed by atoms with E-state index in [2.05, 4.69) is 170 Å². The smallest absolute Gasteiger partial charge is 0.252 e. The summed E-state index contributed by atoms with van der Waals surface area (Å²) in [7, 11) is 0. The van der Waals surface area contributed by atoms with E-state index in [9.17, 15) is 0 Å². The quantitative estimate of drug-likeness (QED) is 0.164. The number of hydrogen-bond donors (Lipinski definition) is 0. The first kappa shape index (κ1) is 30.8. The third-order valence-electron chi connectivity index (χ3n) is 11.4. The van der Waals surface area contributed by atoms with Crippen LogP contribution in [0.2, 0.25) is 0 Å². The molecule has 10 rings (SSSR count). The molecule has 8 aromatic rings. The molecule has 0 amide bonds. The zero-order chi connectivity index (χ0) is 34.9. The second-order valence-corrected chi connectivity index (χ2v) is 14.2. The van der Waals surface area contributed by atoms with Gasteiger partial charge in [-0.15, -0.1) is 0 Å². The maximum atomic E-state index is 6.25. The molecular weight excluding hydrogens is 631 g/mol. The minimum Gasteiger partial charge on any atom is -0.456 e. The van der Waals surface area contributed by atoms with Gasteiger partial charge in [0.05, 0.1) is 0 Å². The van der Waals surface area contributed by atoms with Crippen molar-refractivity contribution in [2.24, 2.45) is 0 Å². The third-order valence-corrected chi connectivity index (χ3v) is 11.4. The summed E-state index contributed by atoms with van der Waals surface area (Å²) in [5, 5.41) is 2.31. The van der Waals surface area contributed by atoms with Crippen LogP contribution < -0.4 is 26.2 Å². The van der Waals surface area contributed by atoms with E-state index in [0.29, 0.717) is 0 Å². The number of furan rings is 1. The molecule has 4 heteroatoms. The van der Waals surface area contributed by atoms with Crippen molar-refractivity contribution >= 4 is 79.2 Å². The molecule has 0 fully saturated rings. The van der Waals surface area contributed by atoms with Crippen molar-refractivity contribution in [3.8, 4) is 11.1 Å². The summed E-state index contributed by atoms with van der Waals surface area (Å²) in [6, 6.07) is 54.2. The van der Waals surface area contributed by atoms with Crippen LogP contribution in [0.25, 0.3) is 33.1 Å². The first-order chi connectivity index (χ1) is 25.6. The molecule has 0 radical (unpaired) electrons. The lowest BCUT2D eigenvalue weighted by molar-refractivity contribution is 0.669. The van der Waals surface area contributed by atoms with Gasteiger partial charge in [0.25, 0.3) is 6.71 Å². The molecule has 2 aliphatic heterocycles. The fourth-order valence-corrected chi connectivity index (χ4v) is 8.72. The van der Waals surface area contributed by atoms with Crippen LogP contribution >= 0.6 is 0 Å². The Morgan fingerprint density at radius 1 is 0.481 bits per heavy atom. The molecule has 250 valence electrons. The number of para-hydroxylation sites is 1. The molecule has 0 aliphatic carbocycles. The number of fused-ring (bicyclic) bond motifs is 7. The van der Waals surface area contributed by atoms with Gasteiger partial charge in [-0.1, -0.05) is 106 Å². The predicted molar refractivity (Wildman–Crippen MR) is 221 cm³/mol. The Kier molecular flexibility index (Phi) is 7.14. The summed E-state index contributed by atoms with van der Waals surface area (Å²) in [5.41, 5.74) is 19.7. The van der Waals surface area contributed by atoms with Crippen LogP contribution in [0.15, 0.2) is 150 Å². The second kappa shape index (κ2) is 12.1. The van der Waals surface area contributed by atoms with Crippen molar-refractivity contribution in [1.29, 1.82) is 0 Å². The number of nitrogens with zero attached hydrogens (tertiary/aromatic N) is 2. The SMILES string of the molecule is CCc1ccc(N2c3ccc(CC)cc3B3c4cc(CC)ccc4N(c4ccc(-c5cccc6oc7ccccc7c56)cc4)c4cccc2c43)cc1. The molecule has 7 aromatic carbocycles. The van der Waals surface area contributed by atoms with Crippen molar-refractivity contribution in [2.45, 2.75) is 40.0 Å². The fraction of sp³-hybridized carbons (Fsp3) is 0.125. The molecule has 0 atom stereocenters. The van der Waals surface area contributed by atoms with Gasteiger partial charge in [0.15, 0.2) is 0 Å². The summed E-state index contributed by atoms with van der Waals surface area (Å²) in [5.74, 6) is 0. The van der Waals surface area contributed by atoms with Crippen LogP contribution in [-0.4, -0.2) is 6.71 Å². The maximum Gasteiger partial charge on any atom is 0.252 e. The highest BCUT2D eigenvalue weighted by Crippen LogP contribution is 2.45. The summed E-state index contributed by atoms with van der Waals surface area (Å²) in [6.45, 7) is 6.87. The molecule has 1 aromatic heterocycles. The molecule has 0 bridgehead atoms. The largest absolute Gasteiger partial charge is 0.456 e. The molecule has 0 saturated heterocycles. The van der Waals surface area contributed by atoms with Gasteiger partial charge >= 0.3 is 0 Å². The summed E-state index contributed by atoms with van der Waals surface area (Å²) < 4.78 is 6.25. The molecule has 0 unspecified atom stereocenters. The average Bonchev–Trinajstić information content (AvgIpc) is 3.60. The van der Waals surface area contributed by atoms with Crippen molar-refractivity contribution in [3.63, 3.8) is 0 Å². The molecule has 3 heterocycles. The van der Waals surface area contributed by atoms with Gasteiger partial charge in [0.1, 0.15) is 11.2 Å².